The van der Waals surface area contributed by atoms with Gasteiger partial charge in [0.1, 0.15) is 0 Å². The lowest BCUT2D eigenvalue weighted by molar-refractivity contribution is 1.31. The Morgan fingerprint density at radius 3 is 2.93 bits per heavy atom. The van der Waals surface area contributed by atoms with Crippen LogP contribution in [0.4, 0.5) is 0 Å². The van der Waals surface area contributed by atoms with Crippen molar-refractivity contribution in [3.63, 3.8) is 0 Å². The van der Waals surface area contributed by atoms with Gasteiger partial charge in [-0.3, -0.25) is 9.78 Å². The highest BCUT2D eigenvalue weighted by Crippen LogP contribution is 2.20. The number of H-pyrrole nitrogens is 1. The van der Waals surface area contributed by atoms with Gasteiger partial charge in [0, 0.05) is 23.0 Å². The molecule has 1 aromatic carbocycles. The van der Waals surface area contributed by atoms with Crippen LogP contribution < -0.4 is 5.56 Å². The molecule has 3 nitrogen and oxygen atoms in total. The molecule has 2 heterocycles. The van der Waals surface area contributed by atoms with Crippen LogP contribution in [-0.2, 0) is 0 Å². The number of nitrogens with zero attached hydrogens (tertiary/aromatic N) is 1. The first kappa shape index (κ1) is 8.17. The number of hydrogen-bond donors (Lipinski definition) is 1. The lowest BCUT2D eigenvalue weighted by Gasteiger charge is -2.01. The van der Waals surface area contributed by atoms with E-state index in [-0.39, 0.29) is 5.56 Å². The number of aromatic amines is 1. The molecule has 0 saturated carbocycles. The Hall–Kier alpha value is -2.16. The highest BCUT2D eigenvalue weighted by molar-refractivity contribution is 6.03. The molecule has 0 aliphatic rings. The van der Waals surface area contributed by atoms with Crippen LogP contribution in [0, 0.1) is 0 Å². The summed E-state index contributed by atoms with van der Waals surface area (Å²) in [4.78, 5) is 18.2. The zero-order valence-electron chi connectivity index (χ0n) is 7.90. The summed E-state index contributed by atoms with van der Waals surface area (Å²) in [7, 11) is 0. The summed E-state index contributed by atoms with van der Waals surface area (Å²) in [6.07, 6.45) is 1.76. The average Bonchev–Trinajstić information content (AvgIpc) is 2.28. The Labute approximate surface area is 85.4 Å². The Morgan fingerprint density at radius 1 is 1.07 bits per heavy atom. The van der Waals surface area contributed by atoms with E-state index in [0.29, 0.717) is 0 Å². The molecule has 3 heteroatoms. The fraction of sp³-hybridized carbons (Fsp3) is 0. The van der Waals surface area contributed by atoms with E-state index in [2.05, 4.69) is 9.97 Å². The van der Waals surface area contributed by atoms with Crippen LogP contribution in [0.15, 0.2) is 47.4 Å². The number of fused-ring (bicyclic) bond motifs is 3. The lowest BCUT2D eigenvalue weighted by atomic mass is 10.1. The fourth-order valence-corrected chi connectivity index (χ4v) is 1.78. The third-order valence-electron chi connectivity index (χ3n) is 2.47. The van der Waals surface area contributed by atoms with Crippen molar-refractivity contribution in [1.29, 1.82) is 0 Å². The molecule has 3 aromatic rings. The molecule has 72 valence electrons. The molecule has 0 radical (unpaired) electrons. The Morgan fingerprint density at radius 2 is 2.00 bits per heavy atom. The molecule has 0 atom stereocenters. The van der Waals surface area contributed by atoms with E-state index in [4.69, 9.17) is 0 Å². The highest BCUT2D eigenvalue weighted by atomic mass is 16.1. The molecule has 0 fully saturated rings. The second-order valence-electron chi connectivity index (χ2n) is 3.42. The van der Waals surface area contributed by atoms with Gasteiger partial charge in [-0.15, -0.1) is 0 Å². The minimum absolute atomic E-state index is 0.0854. The number of hydrogen-bond acceptors (Lipinski definition) is 2. The Bertz CT molecular complexity index is 700. The molecule has 0 aliphatic heterocycles. The molecule has 0 unspecified atom stereocenters. The van der Waals surface area contributed by atoms with Gasteiger partial charge < -0.3 is 4.98 Å². The van der Waals surface area contributed by atoms with Crippen LogP contribution in [0.3, 0.4) is 0 Å². The minimum atomic E-state index is -0.0854. The quantitative estimate of drug-likeness (QED) is 0.559. The van der Waals surface area contributed by atoms with Crippen molar-refractivity contribution < 1.29 is 0 Å². The van der Waals surface area contributed by atoms with Crippen molar-refractivity contribution in [3.05, 3.63) is 52.9 Å². The molecule has 0 amide bonds. The van der Waals surface area contributed by atoms with Gasteiger partial charge >= 0.3 is 0 Å². The minimum Gasteiger partial charge on any atom is -0.322 e. The largest absolute Gasteiger partial charge is 0.322 e. The lowest BCUT2D eigenvalue weighted by Crippen LogP contribution is -2.02. The summed E-state index contributed by atoms with van der Waals surface area (Å²) in [5.41, 5.74) is 1.66. The molecular formula is C12H8N2O. The van der Waals surface area contributed by atoms with E-state index in [9.17, 15) is 4.79 Å². The zero-order chi connectivity index (χ0) is 10.3. The summed E-state index contributed by atoms with van der Waals surface area (Å²) in [6, 6.07) is 11.1. The zero-order valence-corrected chi connectivity index (χ0v) is 7.90. The van der Waals surface area contributed by atoms with Gasteiger partial charge in [-0.25, -0.2) is 0 Å². The number of benzene rings is 1. The van der Waals surface area contributed by atoms with E-state index in [1.54, 1.807) is 6.20 Å². The topological polar surface area (TPSA) is 45.8 Å². The second-order valence-corrected chi connectivity index (χ2v) is 3.42. The van der Waals surface area contributed by atoms with Crippen molar-refractivity contribution in [2.45, 2.75) is 0 Å². The standard InChI is InChI=1S/C12H8N2O/c15-11-6-4-9-10(14-11)5-3-8-2-1-7-13-12(8)9/h1-7H,(H,14,15). The molecular weight excluding hydrogens is 188 g/mol. The number of nitrogens with one attached hydrogen (secondary N) is 1. The molecule has 2 aromatic heterocycles. The van der Waals surface area contributed by atoms with Crippen molar-refractivity contribution in [1.82, 2.24) is 9.97 Å². The molecule has 3 rings (SSSR count). The monoisotopic (exact) mass is 196 g/mol. The van der Waals surface area contributed by atoms with Crippen LogP contribution in [0.1, 0.15) is 0 Å². The van der Waals surface area contributed by atoms with Gasteiger partial charge in [0.05, 0.1) is 11.0 Å². The van der Waals surface area contributed by atoms with Gasteiger partial charge in [0.15, 0.2) is 0 Å². The van der Waals surface area contributed by atoms with Crippen LogP contribution in [0.2, 0.25) is 0 Å². The van der Waals surface area contributed by atoms with Gasteiger partial charge in [-0.2, -0.15) is 0 Å². The van der Waals surface area contributed by atoms with Crippen LogP contribution in [-0.4, -0.2) is 9.97 Å². The van der Waals surface area contributed by atoms with Crippen molar-refractivity contribution >= 4 is 21.8 Å². The van der Waals surface area contributed by atoms with Gasteiger partial charge in [-0.05, 0) is 18.2 Å². The van der Waals surface area contributed by atoms with Gasteiger partial charge in [0.25, 0.3) is 0 Å². The van der Waals surface area contributed by atoms with E-state index in [1.807, 2.05) is 30.3 Å². The molecule has 0 bridgehead atoms. The maximum absolute atomic E-state index is 11.1. The van der Waals surface area contributed by atoms with Gasteiger partial charge in [-0.1, -0.05) is 12.1 Å². The van der Waals surface area contributed by atoms with Gasteiger partial charge in [0.2, 0.25) is 5.56 Å². The maximum atomic E-state index is 11.1. The summed E-state index contributed by atoms with van der Waals surface area (Å²) in [5, 5.41) is 2.06. The maximum Gasteiger partial charge on any atom is 0.248 e. The van der Waals surface area contributed by atoms with Crippen molar-refractivity contribution in [3.8, 4) is 0 Å². The van der Waals surface area contributed by atoms with E-state index in [1.165, 1.54) is 6.07 Å². The second kappa shape index (κ2) is 2.92. The third kappa shape index (κ3) is 1.21. The number of pyridine rings is 2. The SMILES string of the molecule is O=c1ccc2c(ccc3cccnc32)[nH]1. The Balaban J connectivity index is 2.60. The predicted molar refractivity (Wildman–Crippen MR) is 59.9 cm³/mol. The van der Waals surface area contributed by atoms with Crippen molar-refractivity contribution in [2.75, 3.05) is 0 Å². The molecule has 0 spiro atoms. The van der Waals surface area contributed by atoms with Crippen molar-refractivity contribution in [2.24, 2.45) is 0 Å². The van der Waals surface area contributed by atoms with E-state index >= 15 is 0 Å². The van der Waals surface area contributed by atoms with E-state index < -0.39 is 0 Å². The molecule has 1 N–H and O–H groups in total. The summed E-state index contributed by atoms with van der Waals surface area (Å²) < 4.78 is 0. The summed E-state index contributed by atoms with van der Waals surface area (Å²) >= 11 is 0. The predicted octanol–water partition coefficient (Wildman–Crippen LogP) is 2.08. The van der Waals surface area contributed by atoms with Crippen LogP contribution in [0.5, 0.6) is 0 Å². The Kier molecular flexibility index (Phi) is 1.59. The molecule has 15 heavy (non-hydrogen) atoms. The molecule has 0 aliphatic carbocycles. The normalized spacial score (nSPS) is 10.9. The average molecular weight is 196 g/mol. The summed E-state index contributed by atoms with van der Waals surface area (Å²) in [5.74, 6) is 0. The number of rotatable bonds is 0. The van der Waals surface area contributed by atoms with Crippen LogP contribution in [0.25, 0.3) is 21.8 Å². The van der Waals surface area contributed by atoms with E-state index in [0.717, 1.165) is 21.8 Å². The first-order valence-corrected chi connectivity index (χ1v) is 4.71. The highest BCUT2D eigenvalue weighted by Gasteiger charge is 2.00. The summed E-state index contributed by atoms with van der Waals surface area (Å²) in [6.45, 7) is 0. The number of aromatic nitrogens is 2. The first-order chi connectivity index (χ1) is 7.34. The fourth-order valence-electron chi connectivity index (χ4n) is 1.78. The molecule has 0 saturated heterocycles. The first-order valence-electron chi connectivity index (χ1n) is 4.71. The smallest absolute Gasteiger partial charge is 0.248 e. The third-order valence-corrected chi connectivity index (χ3v) is 2.47. The van der Waals surface area contributed by atoms with Crippen LogP contribution >= 0.6 is 0 Å².